The summed E-state index contributed by atoms with van der Waals surface area (Å²) in [4.78, 5) is 12.0. The molecule has 6 nitrogen and oxygen atoms in total. The maximum Gasteiger partial charge on any atom is 0.249 e. The van der Waals surface area contributed by atoms with Crippen LogP contribution in [-0.2, 0) is 11.4 Å². The van der Waals surface area contributed by atoms with Crippen molar-refractivity contribution >= 4 is 23.2 Å². The number of aromatic nitrogens is 3. The van der Waals surface area contributed by atoms with Crippen LogP contribution in [-0.4, -0.2) is 26.0 Å². The fraction of sp³-hybridized carbons (Fsp3) is 0.250. The topological polar surface area (TPSA) is 80.0 Å². The largest absolute Gasteiger partial charge is 0.390 e. The SMILES string of the molecule is CC(C(=O)Nc1ccccc1Cl)n1cc(CO)nn1. The quantitative estimate of drug-likeness (QED) is 0.892. The summed E-state index contributed by atoms with van der Waals surface area (Å²) in [6, 6.07) is 6.43. The molecule has 1 heterocycles. The highest BCUT2D eigenvalue weighted by molar-refractivity contribution is 6.33. The number of nitrogens with zero attached hydrogens (tertiary/aromatic N) is 3. The van der Waals surface area contributed by atoms with E-state index in [-0.39, 0.29) is 12.5 Å². The van der Waals surface area contributed by atoms with E-state index in [0.29, 0.717) is 16.4 Å². The van der Waals surface area contributed by atoms with Gasteiger partial charge in [0.1, 0.15) is 11.7 Å². The van der Waals surface area contributed by atoms with Crippen molar-refractivity contribution in [3.63, 3.8) is 0 Å². The van der Waals surface area contributed by atoms with Crippen molar-refractivity contribution in [1.29, 1.82) is 0 Å². The molecule has 0 saturated heterocycles. The second-order valence-corrected chi connectivity index (χ2v) is 4.40. The summed E-state index contributed by atoms with van der Waals surface area (Å²) in [6.07, 6.45) is 1.52. The molecule has 0 bridgehead atoms. The van der Waals surface area contributed by atoms with E-state index in [4.69, 9.17) is 16.7 Å². The highest BCUT2D eigenvalue weighted by Gasteiger charge is 2.17. The normalized spacial score (nSPS) is 12.2. The van der Waals surface area contributed by atoms with Crippen LogP contribution in [0.4, 0.5) is 5.69 Å². The van der Waals surface area contributed by atoms with Crippen LogP contribution >= 0.6 is 11.6 Å². The van der Waals surface area contributed by atoms with Gasteiger partial charge in [0.05, 0.1) is 23.5 Å². The third kappa shape index (κ3) is 3.10. The van der Waals surface area contributed by atoms with E-state index in [1.165, 1.54) is 10.9 Å². The molecule has 1 unspecified atom stereocenters. The molecule has 1 aromatic carbocycles. The number of aliphatic hydroxyl groups is 1. The van der Waals surface area contributed by atoms with E-state index in [2.05, 4.69) is 15.6 Å². The zero-order valence-electron chi connectivity index (χ0n) is 10.2. The number of halogens is 1. The van der Waals surface area contributed by atoms with E-state index in [1.54, 1.807) is 31.2 Å². The number of rotatable bonds is 4. The number of benzene rings is 1. The Morgan fingerprint density at radius 1 is 1.53 bits per heavy atom. The van der Waals surface area contributed by atoms with Crippen molar-refractivity contribution in [3.05, 3.63) is 41.2 Å². The smallest absolute Gasteiger partial charge is 0.249 e. The lowest BCUT2D eigenvalue weighted by molar-refractivity contribution is -0.119. The second-order valence-electron chi connectivity index (χ2n) is 3.99. The molecular weight excluding hydrogens is 268 g/mol. The molecule has 0 saturated carbocycles. The number of aliphatic hydroxyl groups excluding tert-OH is 1. The molecule has 2 rings (SSSR count). The maximum absolute atomic E-state index is 12.0. The van der Waals surface area contributed by atoms with Crippen LogP contribution in [0.5, 0.6) is 0 Å². The van der Waals surface area contributed by atoms with Crippen LogP contribution in [0, 0.1) is 0 Å². The minimum atomic E-state index is -0.552. The van der Waals surface area contributed by atoms with Gasteiger partial charge in [-0.1, -0.05) is 28.9 Å². The van der Waals surface area contributed by atoms with Gasteiger partial charge in [-0.2, -0.15) is 0 Å². The molecule has 1 amide bonds. The first-order valence-corrected chi connectivity index (χ1v) is 6.06. The van der Waals surface area contributed by atoms with Gasteiger partial charge in [-0.15, -0.1) is 5.10 Å². The first kappa shape index (κ1) is 13.5. The van der Waals surface area contributed by atoms with Crippen molar-refractivity contribution < 1.29 is 9.90 Å². The molecule has 1 aromatic heterocycles. The number of carbonyl (C=O) groups excluding carboxylic acids is 1. The minimum absolute atomic E-state index is 0.209. The fourth-order valence-corrected chi connectivity index (χ4v) is 1.68. The van der Waals surface area contributed by atoms with E-state index in [0.717, 1.165) is 0 Å². The molecule has 0 spiro atoms. The average Bonchev–Trinajstić information content (AvgIpc) is 2.89. The Kier molecular flexibility index (Phi) is 4.13. The van der Waals surface area contributed by atoms with E-state index in [9.17, 15) is 4.79 Å². The van der Waals surface area contributed by atoms with Gasteiger partial charge in [0.2, 0.25) is 5.91 Å². The Morgan fingerprint density at radius 3 is 2.89 bits per heavy atom. The lowest BCUT2D eigenvalue weighted by Crippen LogP contribution is -2.24. The Hall–Kier alpha value is -1.92. The first-order valence-electron chi connectivity index (χ1n) is 5.68. The molecule has 0 aliphatic carbocycles. The number of amides is 1. The minimum Gasteiger partial charge on any atom is -0.390 e. The zero-order valence-corrected chi connectivity index (χ0v) is 11.0. The van der Waals surface area contributed by atoms with E-state index >= 15 is 0 Å². The van der Waals surface area contributed by atoms with Gasteiger partial charge in [-0.25, -0.2) is 4.68 Å². The third-order valence-electron chi connectivity index (χ3n) is 2.63. The van der Waals surface area contributed by atoms with Crippen molar-refractivity contribution in [2.45, 2.75) is 19.6 Å². The van der Waals surface area contributed by atoms with Crippen LogP contribution in [0.3, 0.4) is 0 Å². The van der Waals surface area contributed by atoms with Gasteiger partial charge in [0.25, 0.3) is 0 Å². The molecule has 7 heteroatoms. The van der Waals surface area contributed by atoms with Crippen molar-refractivity contribution in [1.82, 2.24) is 15.0 Å². The number of hydrogen-bond acceptors (Lipinski definition) is 4. The summed E-state index contributed by atoms with van der Waals surface area (Å²) >= 11 is 5.96. The van der Waals surface area contributed by atoms with Crippen LogP contribution in [0.2, 0.25) is 5.02 Å². The fourth-order valence-electron chi connectivity index (χ4n) is 1.50. The number of anilines is 1. The van der Waals surface area contributed by atoms with Crippen LogP contribution in [0.15, 0.2) is 30.5 Å². The van der Waals surface area contributed by atoms with Gasteiger partial charge in [0.15, 0.2) is 0 Å². The van der Waals surface area contributed by atoms with Gasteiger partial charge < -0.3 is 10.4 Å². The summed E-state index contributed by atoms with van der Waals surface area (Å²) in [5.74, 6) is -0.262. The summed E-state index contributed by atoms with van der Waals surface area (Å²) < 4.78 is 1.39. The van der Waals surface area contributed by atoms with E-state index in [1.807, 2.05) is 0 Å². The van der Waals surface area contributed by atoms with Crippen molar-refractivity contribution in [2.24, 2.45) is 0 Å². The summed E-state index contributed by atoms with van der Waals surface area (Å²) in [7, 11) is 0. The predicted molar refractivity (Wildman–Crippen MR) is 70.7 cm³/mol. The lowest BCUT2D eigenvalue weighted by atomic mass is 10.2. The number of para-hydroxylation sites is 1. The summed E-state index contributed by atoms with van der Waals surface area (Å²) in [5.41, 5.74) is 0.959. The molecule has 0 aliphatic heterocycles. The highest BCUT2D eigenvalue weighted by atomic mass is 35.5. The molecular formula is C12H13ClN4O2. The number of nitrogens with one attached hydrogen (secondary N) is 1. The molecule has 0 fully saturated rings. The summed E-state index contributed by atoms with van der Waals surface area (Å²) in [6.45, 7) is 1.47. The first-order chi connectivity index (χ1) is 9.11. The Morgan fingerprint density at radius 2 is 2.26 bits per heavy atom. The van der Waals surface area contributed by atoms with Gasteiger partial charge >= 0.3 is 0 Å². The molecule has 0 aliphatic rings. The van der Waals surface area contributed by atoms with E-state index < -0.39 is 6.04 Å². The average molecular weight is 281 g/mol. The molecule has 2 N–H and O–H groups in total. The van der Waals surface area contributed by atoms with Gasteiger partial charge in [-0.3, -0.25) is 4.79 Å². The summed E-state index contributed by atoms with van der Waals surface area (Å²) in [5, 5.41) is 19.6. The highest BCUT2D eigenvalue weighted by Crippen LogP contribution is 2.21. The van der Waals surface area contributed by atoms with Crippen LogP contribution in [0.1, 0.15) is 18.7 Å². The Balaban J connectivity index is 2.09. The monoisotopic (exact) mass is 280 g/mol. The molecule has 0 radical (unpaired) electrons. The van der Waals surface area contributed by atoms with Crippen LogP contribution < -0.4 is 5.32 Å². The maximum atomic E-state index is 12.0. The molecule has 100 valence electrons. The second kappa shape index (κ2) is 5.81. The standard InChI is InChI=1S/C12H13ClN4O2/c1-8(17-6-9(7-18)15-16-17)12(19)14-11-5-3-2-4-10(11)13/h2-6,8,18H,7H2,1H3,(H,14,19). The molecule has 2 aromatic rings. The predicted octanol–water partition coefficient (Wildman–Crippen LogP) is 1.62. The Bertz CT molecular complexity index is 585. The van der Waals surface area contributed by atoms with Crippen molar-refractivity contribution in [2.75, 3.05) is 5.32 Å². The molecule has 1 atom stereocenters. The Labute approximate surface area is 115 Å². The van der Waals surface area contributed by atoms with Gasteiger partial charge in [0, 0.05) is 0 Å². The lowest BCUT2D eigenvalue weighted by Gasteiger charge is -2.12. The zero-order chi connectivity index (χ0) is 13.8. The third-order valence-corrected chi connectivity index (χ3v) is 2.96. The number of hydrogen-bond donors (Lipinski definition) is 2. The number of carbonyl (C=O) groups is 1. The molecule has 19 heavy (non-hydrogen) atoms. The van der Waals surface area contributed by atoms with Crippen LogP contribution in [0.25, 0.3) is 0 Å². The van der Waals surface area contributed by atoms with Crippen molar-refractivity contribution in [3.8, 4) is 0 Å². The van der Waals surface area contributed by atoms with Gasteiger partial charge in [-0.05, 0) is 19.1 Å².